The first-order chi connectivity index (χ1) is 10.9. The van der Waals surface area contributed by atoms with Crippen LogP contribution in [-0.2, 0) is 10.0 Å². The van der Waals surface area contributed by atoms with Crippen LogP contribution in [0.25, 0.3) is 22.4 Å². The third-order valence-corrected chi connectivity index (χ3v) is 4.81. The summed E-state index contributed by atoms with van der Waals surface area (Å²) in [6.07, 6.45) is 0. The van der Waals surface area contributed by atoms with Gasteiger partial charge in [0.05, 0.1) is 4.90 Å². The van der Waals surface area contributed by atoms with Crippen molar-refractivity contribution in [3.05, 3.63) is 59.9 Å². The Bertz CT molecular complexity index is 961. The molecule has 1 aromatic heterocycles. The topological polar surface area (TPSA) is 86.2 Å². The Morgan fingerprint density at radius 1 is 0.957 bits per heavy atom. The zero-order valence-electron chi connectivity index (χ0n) is 12.8. The third-order valence-electron chi connectivity index (χ3n) is 3.80. The van der Waals surface area contributed by atoms with E-state index in [0.717, 1.165) is 11.1 Å². The lowest BCUT2D eigenvalue weighted by Crippen LogP contribution is -2.15. The van der Waals surface area contributed by atoms with Gasteiger partial charge in [-0.3, -0.25) is 0 Å². The van der Waals surface area contributed by atoms with E-state index < -0.39 is 10.0 Å². The Morgan fingerprint density at radius 2 is 1.61 bits per heavy atom. The van der Waals surface area contributed by atoms with Crippen LogP contribution in [0.5, 0.6) is 0 Å². The van der Waals surface area contributed by atoms with Gasteiger partial charge in [0.15, 0.2) is 0 Å². The molecule has 0 aliphatic heterocycles. The second kappa shape index (κ2) is 5.64. The fourth-order valence-electron chi connectivity index (χ4n) is 2.54. The van der Waals surface area contributed by atoms with Gasteiger partial charge < -0.3 is 4.52 Å². The molecule has 0 bridgehead atoms. The highest BCUT2D eigenvalue weighted by Gasteiger charge is 2.24. The van der Waals surface area contributed by atoms with Crippen molar-refractivity contribution < 1.29 is 12.9 Å². The van der Waals surface area contributed by atoms with Gasteiger partial charge in [0.1, 0.15) is 11.5 Å². The molecule has 0 radical (unpaired) electrons. The van der Waals surface area contributed by atoms with Crippen molar-refractivity contribution >= 4 is 10.0 Å². The lowest BCUT2D eigenvalue weighted by atomic mass is 10.00. The summed E-state index contributed by atoms with van der Waals surface area (Å²) in [4.78, 5) is 0.0580. The quantitative estimate of drug-likeness (QED) is 0.799. The number of nitrogens with two attached hydrogens (primary N) is 1. The maximum absolute atomic E-state index is 12.3. The lowest BCUT2D eigenvalue weighted by molar-refractivity contribution is 0.398. The van der Waals surface area contributed by atoms with Gasteiger partial charge in [-0.25, -0.2) is 13.6 Å². The van der Waals surface area contributed by atoms with Crippen LogP contribution >= 0.6 is 0 Å². The maximum atomic E-state index is 12.3. The molecule has 118 valence electrons. The van der Waals surface area contributed by atoms with Gasteiger partial charge in [0.25, 0.3) is 0 Å². The van der Waals surface area contributed by atoms with Crippen molar-refractivity contribution in [2.45, 2.75) is 18.7 Å². The standard InChI is InChI=1S/C17H16N2O3S/c1-11-12(2)22-19-16(11)15-10-6-9-14(17(15)23(18,20)21)13-7-4-3-5-8-13/h3-10H,1-2H3,(H2,18,20,21). The van der Waals surface area contributed by atoms with Crippen molar-refractivity contribution in [3.63, 3.8) is 0 Å². The number of primary sulfonamides is 1. The fraction of sp³-hybridized carbons (Fsp3) is 0.118. The number of aromatic nitrogens is 1. The van der Waals surface area contributed by atoms with Crippen LogP contribution in [0, 0.1) is 13.8 Å². The predicted molar refractivity (Wildman–Crippen MR) is 88.2 cm³/mol. The van der Waals surface area contributed by atoms with Gasteiger partial charge >= 0.3 is 0 Å². The summed E-state index contributed by atoms with van der Waals surface area (Å²) in [6, 6.07) is 14.5. The van der Waals surface area contributed by atoms with E-state index in [0.29, 0.717) is 22.6 Å². The molecule has 0 aliphatic carbocycles. The number of benzene rings is 2. The molecule has 0 saturated heterocycles. The normalized spacial score (nSPS) is 11.6. The van der Waals surface area contributed by atoms with E-state index in [-0.39, 0.29) is 4.90 Å². The molecule has 0 saturated carbocycles. The minimum absolute atomic E-state index is 0.0580. The van der Waals surface area contributed by atoms with Gasteiger partial charge in [-0.1, -0.05) is 53.7 Å². The molecule has 2 N–H and O–H groups in total. The maximum Gasteiger partial charge on any atom is 0.239 e. The SMILES string of the molecule is Cc1onc(-c2cccc(-c3ccccc3)c2S(N)(=O)=O)c1C. The van der Waals surface area contributed by atoms with E-state index in [9.17, 15) is 8.42 Å². The molecule has 3 rings (SSSR count). The average molecular weight is 328 g/mol. The monoisotopic (exact) mass is 328 g/mol. The molecule has 1 heterocycles. The fourth-order valence-corrected chi connectivity index (χ4v) is 3.51. The summed E-state index contributed by atoms with van der Waals surface area (Å²) in [5, 5.41) is 9.50. The number of aryl methyl sites for hydroxylation is 1. The van der Waals surface area contributed by atoms with Crippen molar-refractivity contribution in [2.24, 2.45) is 5.14 Å². The largest absolute Gasteiger partial charge is 0.361 e. The Morgan fingerprint density at radius 3 is 2.17 bits per heavy atom. The number of rotatable bonds is 3. The zero-order chi connectivity index (χ0) is 16.6. The molecule has 0 aliphatic rings. The minimum Gasteiger partial charge on any atom is -0.361 e. The van der Waals surface area contributed by atoms with Crippen LogP contribution in [0.2, 0.25) is 0 Å². The molecule has 23 heavy (non-hydrogen) atoms. The third kappa shape index (κ3) is 2.78. The van der Waals surface area contributed by atoms with Crippen molar-refractivity contribution in [1.29, 1.82) is 0 Å². The summed E-state index contributed by atoms with van der Waals surface area (Å²) in [7, 11) is -3.95. The van der Waals surface area contributed by atoms with Crippen molar-refractivity contribution in [3.8, 4) is 22.4 Å². The van der Waals surface area contributed by atoms with E-state index >= 15 is 0 Å². The summed E-state index contributed by atoms with van der Waals surface area (Å²) in [5.41, 5.74) is 3.05. The molecule has 5 nitrogen and oxygen atoms in total. The second-order valence-corrected chi connectivity index (χ2v) is 6.80. The minimum atomic E-state index is -3.95. The molecule has 0 unspecified atom stereocenters. The van der Waals surface area contributed by atoms with Gasteiger partial charge in [-0.2, -0.15) is 0 Å². The van der Waals surface area contributed by atoms with Crippen LogP contribution in [0.3, 0.4) is 0 Å². The van der Waals surface area contributed by atoms with E-state index in [4.69, 9.17) is 9.66 Å². The highest BCUT2D eigenvalue weighted by molar-refractivity contribution is 7.89. The van der Waals surface area contributed by atoms with Gasteiger partial charge in [0.2, 0.25) is 10.0 Å². The van der Waals surface area contributed by atoms with Gasteiger partial charge in [-0.15, -0.1) is 0 Å². The number of hydrogen-bond donors (Lipinski definition) is 1. The Labute approximate surface area is 134 Å². The molecule has 6 heteroatoms. The molecule has 3 aromatic rings. The lowest BCUT2D eigenvalue weighted by Gasteiger charge is -2.12. The molecule has 0 fully saturated rings. The van der Waals surface area contributed by atoms with Crippen LogP contribution in [0.15, 0.2) is 57.9 Å². The van der Waals surface area contributed by atoms with Crippen molar-refractivity contribution in [1.82, 2.24) is 5.16 Å². The summed E-state index contributed by atoms with van der Waals surface area (Å²) in [6.45, 7) is 3.62. The van der Waals surface area contributed by atoms with E-state index in [1.807, 2.05) is 37.3 Å². The number of hydrogen-bond acceptors (Lipinski definition) is 4. The van der Waals surface area contributed by atoms with E-state index in [1.165, 1.54) is 0 Å². The first-order valence-electron chi connectivity index (χ1n) is 7.04. The molecule has 2 aromatic carbocycles. The summed E-state index contributed by atoms with van der Waals surface area (Å²) < 4.78 is 29.7. The van der Waals surface area contributed by atoms with Crippen LogP contribution in [-0.4, -0.2) is 13.6 Å². The molecule has 0 amide bonds. The molecule has 0 spiro atoms. The highest BCUT2D eigenvalue weighted by Crippen LogP contribution is 2.36. The summed E-state index contributed by atoms with van der Waals surface area (Å²) in [5.74, 6) is 0.644. The predicted octanol–water partition coefficient (Wildman–Crippen LogP) is 3.27. The highest BCUT2D eigenvalue weighted by atomic mass is 32.2. The zero-order valence-corrected chi connectivity index (χ0v) is 13.6. The van der Waals surface area contributed by atoms with Crippen molar-refractivity contribution in [2.75, 3.05) is 0 Å². The van der Waals surface area contributed by atoms with E-state index in [2.05, 4.69) is 5.16 Å². The average Bonchev–Trinajstić information content (AvgIpc) is 2.86. The van der Waals surface area contributed by atoms with Gasteiger partial charge in [0, 0.05) is 16.7 Å². The second-order valence-electron chi connectivity index (χ2n) is 5.31. The van der Waals surface area contributed by atoms with E-state index in [1.54, 1.807) is 25.1 Å². The molecule has 0 atom stereocenters. The number of nitrogens with zero attached hydrogens (tertiary/aromatic N) is 1. The van der Waals surface area contributed by atoms with Crippen LogP contribution in [0.4, 0.5) is 0 Å². The molecular weight excluding hydrogens is 312 g/mol. The number of sulfonamides is 1. The Hall–Kier alpha value is -2.44. The molecular formula is C17H16N2O3S. The summed E-state index contributed by atoms with van der Waals surface area (Å²) >= 11 is 0. The van der Waals surface area contributed by atoms with Crippen LogP contribution < -0.4 is 5.14 Å². The first-order valence-corrected chi connectivity index (χ1v) is 8.58. The Kier molecular flexibility index (Phi) is 3.79. The van der Waals surface area contributed by atoms with Gasteiger partial charge in [-0.05, 0) is 19.4 Å². The Balaban J connectivity index is 2.37. The smallest absolute Gasteiger partial charge is 0.239 e. The first kappa shape index (κ1) is 15.5. The van der Waals surface area contributed by atoms with Crippen LogP contribution in [0.1, 0.15) is 11.3 Å².